The van der Waals surface area contributed by atoms with Gasteiger partial charge in [-0.1, -0.05) is 13.8 Å². The first kappa shape index (κ1) is 12.0. The van der Waals surface area contributed by atoms with Gasteiger partial charge in [-0.25, -0.2) is 4.98 Å². The maximum absolute atomic E-state index is 5.78. The molecule has 4 heteroatoms. The molecule has 1 aliphatic carbocycles. The van der Waals surface area contributed by atoms with E-state index in [1.54, 1.807) is 11.3 Å². The van der Waals surface area contributed by atoms with E-state index in [9.17, 15) is 0 Å². The van der Waals surface area contributed by atoms with Crippen molar-refractivity contribution in [3.63, 3.8) is 0 Å². The van der Waals surface area contributed by atoms with Crippen LogP contribution in [-0.4, -0.2) is 17.6 Å². The zero-order valence-electron chi connectivity index (χ0n) is 9.98. The van der Waals surface area contributed by atoms with E-state index < -0.39 is 0 Å². The van der Waals surface area contributed by atoms with Crippen LogP contribution in [-0.2, 0) is 11.3 Å². The van der Waals surface area contributed by atoms with Crippen molar-refractivity contribution >= 4 is 11.3 Å². The lowest BCUT2D eigenvalue weighted by molar-refractivity contribution is -0.0386. The summed E-state index contributed by atoms with van der Waals surface area (Å²) in [4.78, 5) is 4.55. The van der Waals surface area contributed by atoms with Crippen LogP contribution < -0.4 is 5.73 Å². The summed E-state index contributed by atoms with van der Waals surface area (Å²) in [6.07, 6.45) is 2.66. The van der Waals surface area contributed by atoms with E-state index in [0.29, 0.717) is 24.5 Å². The van der Waals surface area contributed by atoms with Gasteiger partial charge >= 0.3 is 0 Å². The van der Waals surface area contributed by atoms with E-state index in [2.05, 4.69) is 24.2 Å². The summed E-state index contributed by atoms with van der Waals surface area (Å²) in [7, 11) is 0. The minimum atomic E-state index is 0.415. The largest absolute Gasteiger partial charge is 0.372 e. The van der Waals surface area contributed by atoms with E-state index in [4.69, 9.17) is 10.5 Å². The number of nitrogens with two attached hydrogens (primary N) is 1. The number of nitrogens with zero attached hydrogens (tertiary/aromatic N) is 1. The fourth-order valence-electron chi connectivity index (χ4n) is 1.86. The van der Waals surface area contributed by atoms with Crippen LogP contribution in [0.3, 0.4) is 0 Å². The van der Waals surface area contributed by atoms with Gasteiger partial charge in [-0.05, 0) is 25.3 Å². The Kier molecular flexibility index (Phi) is 3.95. The second-order valence-electron chi connectivity index (χ2n) is 4.84. The normalized spacial score (nSPS) is 24.8. The van der Waals surface area contributed by atoms with E-state index in [1.165, 1.54) is 5.01 Å². The Morgan fingerprint density at radius 1 is 1.56 bits per heavy atom. The molecule has 1 heterocycles. The molecule has 1 aromatic rings. The monoisotopic (exact) mass is 240 g/mol. The molecule has 0 aliphatic heterocycles. The Balaban J connectivity index is 1.73. The highest BCUT2D eigenvalue weighted by Crippen LogP contribution is 2.30. The zero-order valence-corrected chi connectivity index (χ0v) is 10.8. The molecule has 0 bridgehead atoms. The lowest BCUT2D eigenvalue weighted by Gasteiger charge is -2.33. The molecule has 2 N–H and O–H groups in total. The molecule has 0 saturated heterocycles. The summed E-state index contributed by atoms with van der Waals surface area (Å²) in [5.41, 5.74) is 6.65. The van der Waals surface area contributed by atoms with Gasteiger partial charge in [0.2, 0.25) is 0 Å². The number of aromatic nitrogens is 1. The number of rotatable bonds is 5. The van der Waals surface area contributed by atoms with E-state index in [1.807, 2.05) is 0 Å². The van der Waals surface area contributed by atoms with Crippen LogP contribution in [0.2, 0.25) is 0 Å². The van der Waals surface area contributed by atoms with Crippen LogP contribution >= 0.6 is 11.3 Å². The second kappa shape index (κ2) is 5.25. The Labute approximate surface area is 101 Å². The molecule has 1 saturated carbocycles. The molecule has 16 heavy (non-hydrogen) atoms. The maximum Gasteiger partial charge on any atom is 0.0954 e. The topological polar surface area (TPSA) is 48.1 Å². The van der Waals surface area contributed by atoms with Gasteiger partial charge in [0.25, 0.3) is 0 Å². The Morgan fingerprint density at radius 3 is 2.88 bits per heavy atom. The van der Waals surface area contributed by atoms with Gasteiger partial charge in [-0.3, -0.25) is 0 Å². The number of hydrogen-bond donors (Lipinski definition) is 1. The second-order valence-corrected chi connectivity index (χ2v) is 5.73. The molecular weight excluding hydrogens is 220 g/mol. The summed E-state index contributed by atoms with van der Waals surface area (Å²) >= 11 is 1.73. The van der Waals surface area contributed by atoms with Crippen molar-refractivity contribution in [2.45, 2.75) is 45.3 Å². The highest BCUT2D eigenvalue weighted by atomic mass is 32.1. The molecular formula is C12H20N2OS. The molecule has 0 aromatic carbocycles. The smallest absolute Gasteiger partial charge is 0.0954 e. The van der Waals surface area contributed by atoms with Gasteiger partial charge in [0.15, 0.2) is 0 Å². The lowest BCUT2D eigenvalue weighted by Crippen LogP contribution is -2.35. The van der Waals surface area contributed by atoms with Gasteiger partial charge < -0.3 is 10.5 Å². The lowest BCUT2D eigenvalue weighted by atomic mass is 9.82. The van der Waals surface area contributed by atoms with Gasteiger partial charge in [0.05, 0.1) is 23.4 Å². The number of ether oxygens (including phenoxy) is 1. The highest BCUT2D eigenvalue weighted by Gasteiger charge is 2.28. The van der Waals surface area contributed by atoms with Crippen molar-refractivity contribution in [2.75, 3.05) is 6.54 Å². The fourth-order valence-corrected chi connectivity index (χ4v) is 2.68. The Hall–Kier alpha value is -0.450. The average molecular weight is 240 g/mol. The van der Waals surface area contributed by atoms with Crippen LogP contribution in [0.4, 0.5) is 0 Å². The zero-order chi connectivity index (χ0) is 11.5. The molecule has 0 unspecified atom stereocenters. The van der Waals surface area contributed by atoms with E-state index >= 15 is 0 Å². The first-order valence-corrected chi connectivity index (χ1v) is 6.83. The SMILES string of the molecule is CC(C)c1nc(COC2CC(CN)C2)cs1. The molecule has 3 nitrogen and oxygen atoms in total. The molecule has 2 rings (SSSR count). The van der Waals surface area contributed by atoms with Gasteiger partial charge in [-0.15, -0.1) is 11.3 Å². The van der Waals surface area contributed by atoms with Crippen molar-refractivity contribution < 1.29 is 4.74 Å². The molecule has 1 aliphatic rings. The molecule has 0 atom stereocenters. The van der Waals surface area contributed by atoms with Crippen LogP contribution in [0.5, 0.6) is 0 Å². The van der Waals surface area contributed by atoms with E-state index in [0.717, 1.165) is 25.1 Å². The first-order valence-electron chi connectivity index (χ1n) is 5.95. The van der Waals surface area contributed by atoms with Crippen molar-refractivity contribution in [1.82, 2.24) is 4.98 Å². The quantitative estimate of drug-likeness (QED) is 0.860. The first-order chi connectivity index (χ1) is 7.69. The minimum absolute atomic E-state index is 0.415. The highest BCUT2D eigenvalue weighted by molar-refractivity contribution is 7.09. The Bertz CT molecular complexity index is 332. The summed E-state index contributed by atoms with van der Waals surface area (Å²) in [6, 6.07) is 0. The summed E-state index contributed by atoms with van der Waals surface area (Å²) in [5, 5.41) is 3.31. The third kappa shape index (κ3) is 2.81. The third-order valence-electron chi connectivity index (χ3n) is 3.06. The maximum atomic E-state index is 5.78. The Morgan fingerprint density at radius 2 is 2.31 bits per heavy atom. The molecule has 0 amide bonds. The fraction of sp³-hybridized carbons (Fsp3) is 0.750. The van der Waals surface area contributed by atoms with Crippen LogP contribution in [0.25, 0.3) is 0 Å². The standard InChI is InChI=1S/C12H20N2OS/c1-8(2)12-14-10(7-16-12)6-15-11-3-9(4-11)5-13/h7-9,11H,3-6,13H2,1-2H3. The van der Waals surface area contributed by atoms with Crippen molar-refractivity contribution in [3.8, 4) is 0 Å². The van der Waals surface area contributed by atoms with E-state index in [-0.39, 0.29) is 0 Å². The van der Waals surface area contributed by atoms with Crippen LogP contribution in [0.1, 0.15) is 43.3 Å². The molecule has 1 aromatic heterocycles. The van der Waals surface area contributed by atoms with Gasteiger partial charge in [0.1, 0.15) is 0 Å². The third-order valence-corrected chi connectivity index (χ3v) is 4.25. The predicted octanol–water partition coefficient (Wildman–Crippen LogP) is 2.52. The van der Waals surface area contributed by atoms with Crippen molar-refractivity contribution in [2.24, 2.45) is 11.7 Å². The van der Waals surface area contributed by atoms with Gasteiger partial charge in [0, 0.05) is 11.3 Å². The minimum Gasteiger partial charge on any atom is -0.372 e. The molecule has 1 fully saturated rings. The van der Waals surface area contributed by atoms with Crippen LogP contribution in [0.15, 0.2) is 5.38 Å². The summed E-state index contributed by atoms with van der Waals surface area (Å²) in [6.45, 7) is 5.79. The molecule has 0 radical (unpaired) electrons. The van der Waals surface area contributed by atoms with Crippen LogP contribution in [0, 0.1) is 5.92 Å². The molecule has 90 valence electrons. The summed E-state index contributed by atoms with van der Waals surface area (Å²) < 4.78 is 5.78. The van der Waals surface area contributed by atoms with Gasteiger partial charge in [-0.2, -0.15) is 0 Å². The average Bonchev–Trinajstić information content (AvgIpc) is 2.64. The number of thiazole rings is 1. The number of hydrogen-bond acceptors (Lipinski definition) is 4. The van der Waals surface area contributed by atoms with Crippen molar-refractivity contribution in [1.29, 1.82) is 0 Å². The summed E-state index contributed by atoms with van der Waals surface area (Å²) in [5.74, 6) is 1.20. The predicted molar refractivity (Wildman–Crippen MR) is 66.6 cm³/mol. The molecule has 0 spiro atoms. The van der Waals surface area contributed by atoms with Crippen molar-refractivity contribution in [3.05, 3.63) is 16.1 Å².